The number of aromatic nitrogens is 2. The van der Waals surface area contributed by atoms with Gasteiger partial charge in [-0.1, -0.05) is 29.8 Å². The van der Waals surface area contributed by atoms with Gasteiger partial charge in [-0.2, -0.15) is 0 Å². The number of para-hydroxylation sites is 1. The number of anilines is 1. The standard InChI is InChI=1S/C12H14ClN3O/c1-16-11(13)7-14-12(16)10(8-17)15-9-5-3-2-4-6-9/h2-7,10,15,17H,8H2,1H3. The molecule has 2 aromatic rings. The first-order valence-electron chi connectivity index (χ1n) is 5.32. The maximum atomic E-state index is 9.42. The van der Waals surface area contributed by atoms with Crippen molar-refractivity contribution in [3.8, 4) is 0 Å². The average molecular weight is 252 g/mol. The van der Waals surface area contributed by atoms with E-state index in [9.17, 15) is 5.11 Å². The van der Waals surface area contributed by atoms with E-state index in [0.29, 0.717) is 11.0 Å². The molecule has 0 amide bonds. The second-order valence-corrected chi connectivity index (χ2v) is 4.13. The Morgan fingerprint density at radius 1 is 1.41 bits per heavy atom. The Hall–Kier alpha value is -1.52. The smallest absolute Gasteiger partial charge is 0.134 e. The fourth-order valence-corrected chi connectivity index (χ4v) is 1.79. The minimum atomic E-state index is -0.269. The number of nitrogens with zero attached hydrogens (tertiary/aromatic N) is 2. The van der Waals surface area contributed by atoms with Crippen LogP contribution in [0.4, 0.5) is 5.69 Å². The Kier molecular flexibility index (Phi) is 3.66. The van der Waals surface area contributed by atoms with Gasteiger partial charge >= 0.3 is 0 Å². The van der Waals surface area contributed by atoms with Crippen LogP contribution in [0, 0.1) is 0 Å². The zero-order valence-corrected chi connectivity index (χ0v) is 10.2. The topological polar surface area (TPSA) is 50.1 Å². The number of aliphatic hydroxyl groups excluding tert-OH is 1. The minimum Gasteiger partial charge on any atom is -0.394 e. The zero-order valence-electron chi connectivity index (χ0n) is 9.47. The van der Waals surface area contributed by atoms with Crippen LogP contribution >= 0.6 is 11.6 Å². The lowest BCUT2D eigenvalue weighted by Crippen LogP contribution is -2.18. The summed E-state index contributed by atoms with van der Waals surface area (Å²) >= 11 is 5.92. The predicted molar refractivity (Wildman–Crippen MR) is 68.1 cm³/mol. The summed E-state index contributed by atoms with van der Waals surface area (Å²) in [5.74, 6) is 0.710. The third-order valence-corrected chi connectivity index (χ3v) is 2.93. The van der Waals surface area contributed by atoms with Crippen LogP contribution in [0.5, 0.6) is 0 Å². The Bertz CT molecular complexity index is 484. The summed E-state index contributed by atoms with van der Waals surface area (Å²) in [5.41, 5.74) is 0.936. The maximum Gasteiger partial charge on any atom is 0.134 e. The molecule has 0 aliphatic rings. The van der Waals surface area contributed by atoms with Crippen LogP contribution in [-0.4, -0.2) is 21.3 Å². The van der Waals surface area contributed by atoms with Crippen molar-refractivity contribution in [3.63, 3.8) is 0 Å². The number of hydrogen-bond donors (Lipinski definition) is 2. The van der Waals surface area contributed by atoms with E-state index < -0.39 is 0 Å². The van der Waals surface area contributed by atoms with Crippen molar-refractivity contribution in [1.82, 2.24) is 9.55 Å². The zero-order chi connectivity index (χ0) is 12.3. The molecule has 1 unspecified atom stereocenters. The Labute approximate surface area is 105 Å². The average Bonchev–Trinajstić information content (AvgIpc) is 2.69. The van der Waals surface area contributed by atoms with Crippen molar-refractivity contribution in [2.45, 2.75) is 6.04 Å². The summed E-state index contributed by atoms with van der Waals surface area (Å²) in [6.07, 6.45) is 1.58. The van der Waals surface area contributed by atoms with E-state index in [1.807, 2.05) is 37.4 Å². The molecule has 1 heterocycles. The summed E-state index contributed by atoms with van der Waals surface area (Å²) < 4.78 is 1.75. The molecule has 0 radical (unpaired) electrons. The van der Waals surface area contributed by atoms with Crippen molar-refractivity contribution in [2.75, 3.05) is 11.9 Å². The van der Waals surface area contributed by atoms with Gasteiger partial charge < -0.3 is 15.0 Å². The first-order valence-corrected chi connectivity index (χ1v) is 5.69. The quantitative estimate of drug-likeness (QED) is 0.876. The van der Waals surface area contributed by atoms with Crippen molar-refractivity contribution < 1.29 is 5.11 Å². The van der Waals surface area contributed by atoms with Crippen molar-refractivity contribution in [2.24, 2.45) is 7.05 Å². The molecular weight excluding hydrogens is 238 g/mol. The Morgan fingerprint density at radius 3 is 2.65 bits per heavy atom. The first kappa shape index (κ1) is 12.0. The van der Waals surface area contributed by atoms with E-state index in [-0.39, 0.29) is 12.6 Å². The van der Waals surface area contributed by atoms with Gasteiger partial charge in [0.25, 0.3) is 0 Å². The van der Waals surface area contributed by atoms with Gasteiger partial charge in [0.2, 0.25) is 0 Å². The maximum absolute atomic E-state index is 9.42. The molecule has 0 aliphatic heterocycles. The molecule has 0 spiro atoms. The van der Waals surface area contributed by atoms with E-state index in [1.54, 1.807) is 10.8 Å². The number of nitrogens with one attached hydrogen (secondary N) is 1. The molecular formula is C12H14ClN3O. The fourth-order valence-electron chi connectivity index (χ4n) is 1.65. The molecule has 0 saturated heterocycles. The fraction of sp³-hybridized carbons (Fsp3) is 0.250. The van der Waals surface area contributed by atoms with Gasteiger partial charge in [-0.25, -0.2) is 4.98 Å². The lowest BCUT2D eigenvalue weighted by Gasteiger charge is -2.17. The van der Waals surface area contributed by atoms with Crippen LogP contribution in [0.25, 0.3) is 0 Å². The van der Waals surface area contributed by atoms with Crippen LogP contribution in [-0.2, 0) is 7.05 Å². The van der Waals surface area contributed by atoms with E-state index in [1.165, 1.54) is 0 Å². The minimum absolute atomic E-state index is 0.0456. The molecule has 0 aliphatic carbocycles. The Balaban J connectivity index is 2.20. The van der Waals surface area contributed by atoms with Gasteiger partial charge in [0.15, 0.2) is 0 Å². The number of imidazole rings is 1. The normalized spacial score (nSPS) is 12.4. The van der Waals surface area contributed by atoms with Gasteiger partial charge in [-0.05, 0) is 12.1 Å². The molecule has 0 bridgehead atoms. The number of aliphatic hydroxyl groups is 1. The SMILES string of the molecule is Cn1c(Cl)cnc1C(CO)Nc1ccccc1. The molecule has 5 heteroatoms. The van der Waals surface area contributed by atoms with Crippen molar-refractivity contribution in [3.05, 3.63) is 47.5 Å². The Morgan fingerprint density at radius 2 is 2.12 bits per heavy atom. The summed E-state index contributed by atoms with van der Waals surface area (Å²) in [6, 6.07) is 9.41. The molecule has 1 atom stereocenters. The van der Waals surface area contributed by atoms with E-state index in [4.69, 9.17) is 11.6 Å². The van der Waals surface area contributed by atoms with Crippen molar-refractivity contribution in [1.29, 1.82) is 0 Å². The number of hydrogen-bond acceptors (Lipinski definition) is 3. The molecule has 4 nitrogen and oxygen atoms in total. The van der Waals surface area contributed by atoms with Gasteiger partial charge in [0.1, 0.15) is 17.0 Å². The summed E-state index contributed by atoms with van der Waals surface area (Å²) in [6.45, 7) is -0.0456. The van der Waals surface area contributed by atoms with Crippen LogP contribution in [0.15, 0.2) is 36.5 Å². The van der Waals surface area contributed by atoms with E-state index in [2.05, 4.69) is 10.3 Å². The summed E-state index contributed by atoms with van der Waals surface area (Å²) in [4.78, 5) is 4.19. The van der Waals surface area contributed by atoms with Gasteiger partial charge in [-0.3, -0.25) is 0 Å². The molecule has 17 heavy (non-hydrogen) atoms. The number of benzene rings is 1. The molecule has 90 valence electrons. The summed E-state index contributed by atoms with van der Waals surface area (Å²) in [5, 5.41) is 13.2. The highest BCUT2D eigenvalue weighted by Gasteiger charge is 2.16. The number of halogens is 1. The van der Waals surface area contributed by atoms with Gasteiger partial charge in [0.05, 0.1) is 12.8 Å². The van der Waals surface area contributed by atoms with E-state index >= 15 is 0 Å². The largest absolute Gasteiger partial charge is 0.394 e. The van der Waals surface area contributed by atoms with Crippen LogP contribution in [0.2, 0.25) is 5.15 Å². The molecule has 1 aromatic heterocycles. The monoisotopic (exact) mass is 251 g/mol. The van der Waals surface area contributed by atoms with Crippen molar-refractivity contribution >= 4 is 17.3 Å². The number of rotatable bonds is 4. The second kappa shape index (κ2) is 5.21. The first-order chi connectivity index (χ1) is 8.22. The lowest BCUT2D eigenvalue weighted by molar-refractivity contribution is 0.270. The molecule has 0 fully saturated rings. The van der Waals surface area contributed by atoms with Gasteiger partial charge in [-0.15, -0.1) is 0 Å². The molecule has 2 rings (SSSR count). The van der Waals surface area contributed by atoms with Gasteiger partial charge in [0, 0.05) is 12.7 Å². The van der Waals surface area contributed by atoms with E-state index in [0.717, 1.165) is 5.69 Å². The van der Waals surface area contributed by atoms with Crippen LogP contribution in [0.3, 0.4) is 0 Å². The predicted octanol–water partition coefficient (Wildman–Crippen LogP) is 2.22. The highest BCUT2D eigenvalue weighted by molar-refractivity contribution is 6.29. The third-order valence-electron chi connectivity index (χ3n) is 2.58. The molecule has 1 aromatic carbocycles. The highest BCUT2D eigenvalue weighted by atomic mass is 35.5. The third kappa shape index (κ3) is 2.60. The highest BCUT2D eigenvalue weighted by Crippen LogP contribution is 2.20. The molecule has 2 N–H and O–H groups in total. The van der Waals surface area contributed by atoms with Crippen LogP contribution in [0.1, 0.15) is 11.9 Å². The lowest BCUT2D eigenvalue weighted by atomic mass is 10.2. The summed E-state index contributed by atoms with van der Waals surface area (Å²) in [7, 11) is 1.82. The molecule has 0 saturated carbocycles. The van der Waals surface area contributed by atoms with Crippen LogP contribution < -0.4 is 5.32 Å². The second-order valence-electron chi connectivity index (χ2n) is 3.74.